The summed E-state index contributed by atoms with van der Waals surface area (Å²) in [6, 6.07) is 13.0. The lowest BCUT2D eigenvalue weighted by atomic mass is 10.2. The molecule has 0 bridgehead atoms. The molecule has 1 aromatic heterocycles. The molecular formula is C20H27IN4S. The van der Waals surface area contributed by atoms with Gasteiger partial charge >= 0.3 is 0 Å². The van der Waals surface area contributed by atoms with Crippen LogP contribution in [0.2, 0.25) is 0 Å². The molecular weight excluding hydrogens is 455 g/mol. The van der Waals surface area contributed by atoms with Gasteiger partial charge < -0.3 is 15.1 Å². The van der Waals surface area contributed by atoms with E-state index >= 15 is 0 Å². The molecule has 140 valence electrons. The molecule has 0 unspecified atom stereocenters. The van der Waals surface area contributed by atoms with Gasteiger partial charge in [0.15, 0.2) is 5.96 Å². The molecule has 0 amide bonds. The molecule has 0 spiro atoms. The third-order valence-corrected chi connectivity index (χ3v) is 5.33. The second-order valence-electron chi connectivity index (χ2n) is 6.20. The van der Waals surface area contributed by atoms with Crippen molar-refractivity contribution in [1.82, 2.24) is 10.2 Å². The Bertz CT molecular complexity index is 719. The van der Waals surface area contributed by atoms with E-state index < -0.39 is 0 Å². The summed E-state index contributed by atoms with van der Waals surface area (Å²) in [5, 5.41) is 5.61. The summed E-state index contributed by atoms with van der Waals surface area (Å²) in [6.07, 6.45) is 5.48. The first kappa shape index (κ1) is 20.8. The van der Waals surface area contributed by atoms with E-state index in [-0.39, 0.29) is 24.0 Å². The highest BCUT2D eigenvalue weighted by Crippen LogP contribution is 2.18. The summed E-state index contributed by atoms with van der Waals surface area (Å²) in [5.41, 5.74) is 2.56. The summed E-state index contributed by atoms with van der Waals surface area (Å²) in [6.45, 7) is 3.75. The summed E-state index contributed by atoms with van der Waals surface area (Å²) in [5.74, 6) is 0.935. The van der Waals surface area contributed by atoms with Crippen LogP contribution in [0.5, 0.6) is 0 Å². The second kappa shape index (κ2) is 10.6. The van der Waals surface area contributed by atoms with E-state index in [0.717, 1.165) is 38.6 Å². The van der Waals surface area contributed by atoms with Gasteiger partial charge in [-0.05, 0) is 35.6 Å². The number of rotatable bonds is 6. The molecule has 1 aromatic carbocycles. The Labute approximate surface area is 177 Å². The molecule has 2 aromatic rings. The fraction of sp³-hybridized carbons (Fsp3) is 0.350. The minimum absolute atomic E-state index is 0. The third-order valence-electron chi connectivity index (χ3n) is 4.39. The zero-order chi connectivity index (χ0) is 17.5. The maximum atomic E-state index is 4.42. The summed E-state index contributed by atoms with van der Waals surface area (Å²) in [4.78, 5) is 10.4. The Morgan fingerprint density at radius 1 is 1.23 bits per heavy atom. The van der Waals surface area contributed by atoms with E-state index in [4.69, 9.17) is 0 Å². The van der Waals surface area contributed by atoms with Crippen molar-refractivity contribution >= 4 is 47.0 Å². The molecule has 0 radical (unpaired) electrons. The Morgan fingerprint density at radius 2 is 2.04 bits per heavy atom. The number of thiophene rings is 1. The van der Waals surface area contributed by atoms with Crippen molar-refractivity contribution in [3.8, 4) is 0 Å². The van der Waals surface area contributed by atoms with Crippen LogP contribution in [0.3, 0.4) is 0 Å². The summed E-state index contributed by atoms with van der Waals surface area (Å²) in [7, 11) is 3.94. The van der Waals surface area contributed by atoms with Gasteiger partial charge in [-0.3, -0.25) is 4.99 Å². The number of hydrogen-bond donors (Lipinski definition) is 1. The van der Waals surface area contributed by atoms with Crippen LogP contribution in [-0.4, -0.2) is 44.6 Å². The molecule has 0 aliphatic carbocycles. The highest BCUT2D eigenvalue weighted by Gasteiger charge is 2.09. The van der Waals surface area contributed by atoms with Gasteiger partial charge in [0.25, 0.3) is 0 Å². The van der Waals surface area contributed by atoms with Crippen molar-refractivity contribution in [2.24, 2.45) is 4.99 Å². The van der Waals surface area contributed by atoms with Crippen LogP contribution in [0, 0.1) is 0 Å². The number of aliphatic imine (C=N–C) groups is 1. The lowest BCUT2D eigenvalue weighted by Crippen LogP contribution is -2.39. The largest absolute Gasteiger partial charge is 0.364 e. The predicted molar refractivity (Wildman–Crippen MR) is 124 cm³/mol. The monoisotopic (exact) mass is 482 g/mol. The molecule has 0 fully saturated rings. The van der Waals surface area contributed by atoms with E-state index in [9.17, 15) is 0 Å². The number of halogens is 1. The molecule has 3 rings (SSSR count). The van der Waals surface area contributed by atoms with Crippen molar-refractivity contribution in [2.75, 3.05) is 38.6 Å². The van der Waals surface area contributed by atoms with Crippen LogP contribution >= 0.6 is 35.3 Å². The van der Waals surface area contributed by atoms with Gasteiger partial charge in [0.1, 0.15) is 0 Å². The number of benzene rings is 1. The van der Waals surface area contributed by atoms with Gasteiger partial charge in [-0.15, -0.1) is 35.3 Å². The quantitative estimate of drug-likeness (QED) is 0.293. The second-order valence-corrected chi connectivity index (χ2v) is 7.23. The van der Waals surface area contributed by atoms with E-state index in [1.807, 2.05) is 18.4 Å². The number of anilines is 1. The summed E-state index contributed by atoms with van der Waals surface area (Å²) < 4.78 is 0. The number of guanidine groups is 1. The fourth-order valence-electron chi connectivity index (χ4n) is 2.96. The van der Waals surface area contributed by atoms with Crippen molar-refractivity contribution < 1.29 is 0 Å². The molecule has 0 saturated heterocycles. The summed E-state index contributed by atoms with van der Waals surface area (Å²) >= 11 is 1.81. The van der Waals surface area contributed by atoms with Crippen LogP contribution in [-0.2, 0) is 13.0 Å². The van der Waals surface area contributed by atoms with E-state index in [0.29, 0.717) is 0 Å². The van der Waals surface area contributed by atoms with Crippen molar-refractivity contribution in [3.63, 3.8) is 0 Å². The van der Waals surface area contributed by atoms with Crippen molar-refractivity contribution in [1.29, 1.82) is 0 Å². The van der Waals surface area contributed by atoms with Gasteiger partial charge in [0.2, 0.25) is 0 Å². The Balaban J connectivity index is 0.00000243. The lowest BCUT2D eigenvalue weighted by Gasteiger charge is -2.22. The molecule has 26 heavy (non-hydrogen) atoms. The van der Waals surface area contributed by atoms with E-state index in [1.165, 1.54) is 16.1 Å². The molecule has 1 aliphatic heterocycles. The normalized spacial score (nSPS) is 13.6. The molecule has 1 N–H and O–H groups in total. The standard InChI is InChI=1S/C20H26N4S.HI/c1-21-20(23(2)13-10-19-9-6-14-25-19)22-16-17-7-5-8-18(15-17)24-11-3-4-12-24;/h3-9,14-15H,10-13,16H2,1-2H3,(H,21,22);1H. The first-order valence-corrected chi connectivity index (χ1v) is 9.57. The van der Waals surface area contributed by atoms with Crippen LogP contribution in [0.1, 0.15) is 10.4 Å². The number of likely N-dealkylation sites (N-methyl/N-ethyl adjacent to an activating group) is 1. The zero-order valence-electron chi connectivity index (χ0n) is 15.4. The van der Waals surface area contributed by atoms with Gasteiger partial charge in [-0.1, -0.05) is 30.4 Å². The smallest absolute Gasteiger partial charge is 0.193 e. The molecule has 6 heteroatoms. The van der Waals surface area contributed by atoms with Crippen molar-refractivity contribution in [2.45, 2.75) is 13.0 Å². The topological polar surface area (TPSA) is 30.9 Å². The van der Waals surface area contributed by atoms with Crippen LogP contribution in [0.15, 0.2) is 58.9 Å². The predicted octanol–water partition coefficient (Wildman–Crippen LogP) is 3.99. The van der Waals surface area contributed by atoms with Crippen LogP contribution in [0.4, 0.5) is 5.69 Å². The third kappa shape index (κ3) is 5.74. The minimum atomic E-state index is 0. The van der Waals surface area contributed by atoms with E-state index in [1.54, 1.807) is 0 Å². The minimum Gasteiger partial charge on any atom is -0.364 e. The molecule has 1 aliphatic rings. The number of nitrogens with zero attached hydrogens (tertiary/aromatic N) is 3. The van der Waals surface area contributed by atoms with Gasteiger partial charge in [-0.25, -0.2) is 0 Å². The number of nitrogens with one attached hydrogen (secondary N) is 1. The van der Waals surface area contributed by atoms with Crippen molar-refractivity contribution in [3.05, 3.63) is 64.4 Å². The maximum Gasteiger partial charge on any atom is 0.193 e. The SMILES string of the molecule is CN=C(NCc1cccc(N2CC=CC2)c1)N(C)CCc1cccs1.I. The molecule has 2 heterocycles. The first-order chi connectivity index (χ1) is 12.3. The Kier molecular flexibility index (Phi) is 8.44. The molecule has 4 nitrogen and oxygen atoms in total. The molecule has 0 atom stereocenters. The zero-order valence-corrected chi connectivity index (χ0v) is 18.5. The lowest BCUT2D eigenvalue weighted by molar-refractivity contribution is 0.486. The van der Waals surface area contributed by atoms with Crippen LogP contribution in [0.25, 0.3) is 0 Å². The highest BCUT2D eigenvalue weighted by molar-refractivity contribution is 14.0. The average molecular weight is 482 g/mol. The number of hydrogen-bond acceptors (Lipinski definition) is 3. The highest BCUT2D eigenvalue weighted by atomic mass is 127. The Hall–Kier alpha value is -1.54. The van der Waals surface area contributed by atoms with Gasteiger partial charge in [0, 0.05) is 50.8 Å². The average Bonchev–Trinajstić information content (AvgIpc) is 3.34. The maximum absolute atomic E-state index is 4.42. The van der Waals surface area contributed by atoms with Crippen LogP contribution < -0.4 is 10.2 Å². The Morgan fingerprint density at radius 3 is 2.73 bits per heavy atom. The van der Waals surface area contributed by atoms with Gasteiger partial charge in [-0.2, -0.15) is 0 Å². The molecule has 0 saturated carbocycles. The first-order valence-electron chi connectivity index (χ1n) is 8.69. The van der Waals surface area contributed by atoms with Gasteiger partial charge in [0.05, 0.1) is 0 Å². The fourth-order valence-corrected chi connectivity index (χ4v) is 3.65. The van der Waals surface area contributed by atoms with E-state index in [2.05, 4.69) is 81.1 Å².